The zero-order valence-electron chi connectivity index (χ0n) is 14.3. The predicted octanol–water partition coefficient (Wildman–Crippen LogP) is 4.67. The van der Waals surface area contributed by atoms with Crippen LogP contribution in [0.5, 0.6) is 5.75 Å². The minimum absolute atomic E-state index is 0.429. The highest BCUT2D eigenvalue weighted by Crippen LogP contribution is 2.35. The molecule has 0 bridgehead atoms. The van der Waals surface area contributed by atoms with E-state index in [0.717, 1.165) is 15.5 Å². The molecule has 2 aromatic carbocycles. The molecule has 0 saturated heterocycles. The average molecular weight is 380 g/mol. The number of nitrogens with zero attached hydrogens (tertiary/aromatic N) is 1. The number of hydrogen-bond acceptors (Lipinski definition) is 4. The highest BCUT2D eigenvalue weighted by atomic mass is 35.5. The Morgan fingerprint density at radius 1 is 1.28 bits per heavy atom. The average Bonchev–Trinajstić information content (AvgIpc) is 2.59. The largest absolute Gasteiger partial charge is 0.491 e. The summed E-state index contributed by atoms with van der Waals surface area (Å²) in [5.74, 6) is -0.0368. The van der Waals surface area contributed by atoms with Crippen molar-refractivity contribution in [2.75, 3.05) is 19.7 Å². The topological polar surface area (TPSA) is 49.8 Å². The SMILES string of the molecule is CCN(CCOc1ccccc1Sc1cccc(Cl)c1)C(C)C(=O)O. The molecule has 1 N–H and O–H groups in total. The number of benzene rings is 2. The second kappa shape index (κ2) is 9.70. The van der Waals surface area contributed by atoms with Gasteiger partial charge in [-0.3, -0.25) is 9.69 Å². The van der Waals surface area contributed by atoms with Crippen molar-refractivity contribution in [3.05, 3.63) is 53.6 Å². The van der Waals surface area contributed by atoms with Gasteiger partial charge in [0.25, 0.3) is 0 Å². The fourth-order valence-corrected chi connectivity index (χ4v) is 3.58. The first-order valence-corrected chi connectivity index (χ1v) is 9.32. The molecule has 1 unspecified atom stereocenters. The van der Waals surface area contributed by atoms with Crippen LogP contribution in [0.25, 0.3) is 0 Å². The van der Waals surface area contributed by atoms with Gasteiger partial charge in [-0.15, -0.1) is 0 Å². The van der Waals surface area contributed by atoms with Crippen LogP contribution in [0.2, 0.25) is 5.02 Å². The molecular formula is C19H22ClNO3S. The molecule has 0 aromatic heterocycles. The van der Waals surface area contributed by atoms with E-state index in [4.69, 9.17) is 21.4 Å². The van der Waals surface area contributed by atoms with Gasteiger partial charge in [0.15, 0.2) is 0 Å². The monoisotopic (exact) mass is 379 g/mol. The van der Waals surface area contributed by atoms with Gasteiger partial charge in [0, 0.05) is 16.5 Å². The molecule has 4 nitrogen and oxygen atoms in total. The van der Waals surface area contributed by atoms with Crippen molar-refractivity contribution in [1.29, 1.82) is 0 Å². The Morgan fingerprint density at radius 2 is 2.04 bits per heavy atom. The van der Waals surface area contributed by atoms with Crippen LogP contribution in [0, 0.1) is 0 Å². The maximum Gasteiger partial charge on any atom is 0.320 e. The summed E-state index contributed by atoms with van der Waals surface area (Å²) in [6.45, 7) is 5.28. The van der Waals surface area contributed by atoms with Crippen LogP contribution < -0.4 is 4.74 Å². The van der Waals surface area contributed by atoms with Gasteiger partial charge in [-0.05, 0) is 43.8 Å². The Balaban J connectivity index is 1.99. The highest BCUT2D eigenvalue weighted by molar-refractivity contribution is 7.99. The Labute approximate surface area is 157 Å². The summed E-state index contributed by atoms with van der Waals surface area (Å²) < 4.78 is 5.91. The third-order valence-electron chi connectivity index (χ3n) is 3.82. The molecule has 0 heterocycles. The maximum atomic E-state index is 11.1. The summed E-state index contributed by atoms with van der Waals surface area (Å²) in [7, 11) is 0. The number of para-hydroxylation sites is 1. The minimum Gasteiger partial charge on any atom is -0.491 e. The van der Waals surface area contributed by atoms with Crippen LogP contribution >= 0.6 is 23.4 Å². The summed E-state index contributed by atoms with van der Waals surface area (Å²) in [5.41, 5.74) is 0. The number of carboxylic acids is 1. The molecule has 2 rings (SSSR count). The lowest BCUT2D eigenvalue weighted by Gasteiger charge is -2.24. The fourth-order valence-electron chi connectivity index (χ4n) is 2.37. The highest BCUT2D eigenvalue weighted by Gasteiger charge is 2.18. The Kier molecular flexibility index (Phi) is 7.62. The van der Waals surface area contributed by atoms with Crippen molar-refractivity contribution >= 4 is 29.3 Å². The lowest BCUT2D eigenvalue weighted by Crippen LogP contribution is -2.41. The smallest absolute Gasteiger partial charge is 0.320 e. The quantitative estimate of drug-likeness (QED) is 0.686. The molecule has 1 atom stereocenters. The van der Waals surface area contributed by atoms with E-state index in [9.17, 15) is 4.79 Å². The standard InChI is InChI=1S/C19H22ClNO3S/c1-3-21(14(2)19(22)23)11-12-24-17-9-4-5-10-18(17)25-16-8-6-7-15(20)13-16/h4-10,13-14H,3,11-12H2,1-2H3,(H,22,23). The molecule has 6 heteroatoms. The van der Waals surface area contributed by atoms with Crippen molar-refractivity contribution in [1.82, 2.24) is 4.90 Å². The van der Waals surface area contributed by atoms with Crippen LogP contribution in [-0.4, -0.2) is 41.7 Å². The second-order valence-electron chi connectivity index (χ2n) is 5.50. The fraction of sp³-hybridized carbons (Fsp3) is 0.316. The van der Waals surface area contributed by atoms with Crippen molar-refractivity contribution in [2.45, 2.75) is 29.7 Å². The minimum atomic E-state index is -0.821. The summed E-state index contributed by atoms with van der Waals surface area (Å²) in [5, 5.41) is 9.83. The third kappa shape index (κ3) is 5.96. The number of ether oxygens (including phenoxy) is 1. The van der Waals surface area contributed by atoms with Gasteiger partial charge in [-0.2, -0.15) is 0 Å². The van der Waals surface area contributed by atoms with Crippen molar-refractivity contribution in [2.24, 2.45) is 0 Å². The molecule has 0 radical (unpaired) electrons. The summed E-state index contributed by atoms with van der Waals surface area (Å²) in [6.07, 6.45) is 0. The van der Waals surface area contributed by atoms with Crippen LogP contribution in [0.1, 0.15) is 13.8 Å². The van der Waals surface area contributed by atoms with Gasteiger partial charge >= 0.3 is 5.97 Å². The number of carbonyl (C=O) groups is 1. The van der Waals surface area contributed by atoms with Crippen molar-refractivity contribution in [3.63, 3.8) is 0 Å². The van der Waals surface area contributed by atoms with Crippen molar-refractivity contribution in [3.8, 4) is 5.75 Å². The van der Waals surface area contributed by atoms with Crippen LogP contribution in [0.4, 0.5) is 0 Å². The summed E-state index contributed by atoms with van der Waals surface area (Å²) in [6, 6.07) is 15.0. The third-order valence-corrected chi connectivity index (χ3v) is 5.10. The van der Waals surface area contributed by atoms with Gasteiger partial charge in [0.1, 0.15) is 18.4 Å². The van der Waals surface area contributed by atoms with Crippen LogP contribution in [0.3, 0.4) is 0 Å². The van der Waals surface area contributed by atoms with E-state index in [1.807, 2.05) is 60.4 Å². The Morgan fingerprint density at radius 3 is 2.72 bits per heavy atom. The predicted molar refractivity (Wildman–Crippen MR) is 102 cm³/mol. The first-order valence-electron chi connectivity index (χ1n) is 8.13. The second-order valence-corrected chi connectivity index (χ2v) is 7.05. The van der Waals surface area contributed by atoms with E-state index in [-0.39, 0.29) is 0 Å². The van der Waals surface area contributed by atoms with Crippen LogP contribution in [0.15, 0.2) is 58.3 Å². The van der Waals surface area contributed by atoms with Gasteiger partial charge in [-0.1, -0.05) is 48.5 Å². The van der Waals surface area contributed by atoms with Gasteiger partial charge in [-0.25, -0.2) is 0 Å². The van der Waals surface area contributed by atoms with E-state index < -0.39 is 12.0 Å². The van der Waals surface area contributed by atoms with E-state index in [0.29, 0.717) is 24.7 Å². The molecule has 0 saturated carbocycles. The number of rotatable bonds is 9. The Bertz CT molecular complexity index is 711. The number of hydrogen-bond donors (Lipinski definition) is 1. The van der Waals surface area contributed by atoms with E-state index in [1.165, 1.54) is 0 Å². The summed E-state index contributed by atoms with van der Waals surface area (Å²) >= 11 is 7.63. The molecule has 0 fully saturated rings. The van der Waals surface area contributed by atoms with E-state index in [2.05, 4.69) is 0 Å². The molecule has 0 aliphatic rings. The van der Waals surface area contributed by atoms with Gasteiger partial charge in [0.2, 0.25) is 0 Å². The molecule has 0 amide bonds. The van der Waals surface area contributed by atoms with Gasteiger partial charge in [0.05, 0.1) is 4.90 Å². The van der Waals surface area contributed by atoms with Gasteiger partial charge < -0.3 is 9.84 Å². The zero-order valence-corrected chi connectivity index (χ0v) is 15.9. The molecule has 134 valence electrons. The number of carboxylic acid groups (broad SMARTS) is 1. The van der Waals surface area contributed by atoms with Crippen molar-refractivity contribution < 1.29 is 14.6 Å². The maximum absolute atomic E-state index is 11.1. The summed E-state index contributed by atoms with van der Waals surface area (Å²) in [4.78, 5) is 15.0. The number of aliphatic carboxylic acids is 1. The zero-order chi connectivity index (χ0) is 18.2. The first-order chi connectivity index (χ1) is 12.0. The lowest BCUT2D eigenvalue weighted by atomic mass is 10.3. The molecule has 0 aliphatic heterocycles. The molecule has 2 aromatic rings. The van der Waals surface area contributed by atoms with E-state index >= 15 is 0 Å². The molecular weight excluding hydrogens is 358 g/mol. The van der Waals surface area contributed by atoms with Crippen LogP contribution in [-0.2, 0) is 4.79 Å². The Hall–Kier alpha value is -1.69. The number of halogens is 1. The molecule has 0 spiro atoms. The normalized spacial score (nSPS) is 12.2. The first kappa shape index (κ1) is 19.6. The number of likely N-dealkylation sites (N-methyl/N-ethyl adjacent to an activating group) is 1. The molecule has 25 heavy (non-hydrogen) atoms. The lowest BCUT2D eigenvalue weighted by molar-refractivity contribution is -0.142. The molecule has 0 aliphatic carbocycles. The van der Waals surface area contributed by atoms with E-state index in [1.54, 1.807) is 18.7 Å².